The van der Waals surface area contributed by atoms with Gasteiger partial charge in [-0.25, -0.2) is 14.4 Å². The SMILES string of the molecule is C=CC(=O)OCCCCCCOc1ccc2cc(C(=O)O[C@@H]3C(=O)N(C)C(=O)[C@H]3OC(O)c3ccc4cc(OCCCCCCOC(=O)C=C)ccc4c3)ccc2c1. The number of aliphatic hydroxyl groups is 1. The summed E-state index contributed by atoms with van der Waals surface area (Å²) in [6.45, 7) is 8.52. The molecule has 13 nitrogen and oxygen atoms in total. The van der Waals surface area contributed by atoms with Crippen molar-refractivity contribution in [1.29, 1.82) is 0 Å². The second-order valence-electron chi connectivity index (χ2n) is 13.7. The van der Waals surface area contributed by atoms with Crippen LogP contribution >= 0.6 is 0 Å². The van der Waals surface area contributed by atoms with Gasteiger partial charge in [-0.15, -0.1) is 0 Å². The molecule has 4 aromatic carbocycles. The number of fused-ring (bicyclic) bond motifs is 2. The molecule has 0 bridgehead atoms. The van der Waals surface area contributed by atoms with Crippen LogP contribution in [0.2, 0.25) is 0 Å². The number of aliphatic hydroxyl groups excluding tert-OH is 1. The van der Waals surface area contributed by atoms with Gasteiger partial charge in [0.1, 0.15) is 11.5 Å². The quantitative estimate of drug-likeness (QED) is 0.0206. The van der Waals surface area contributed by atoms with Crippen LogP contribution in [0.15, 0.2) is 98.1 Å². The average molecular weight is 796 g/mol. The summed E-state index contributed by atoms with van der Waals surface area (Å²) in [7, 11) is 1.26. The van der Waals surface area contributed by atoms with E-state index in [2.05, 4.69) is 13.2 Å². The first-order valence-corrected chi connectivity index (χ1v) is 19.4. The molecule has 0 aliphatic carbocycles. The normalized spacial score (nSPS) is 15.6. The molecule has 0 saturated carbocycles. The highest BCUT2D eigenvalue weighted by Crippen LogP contribution is 2.30. The third-order valence-corrected chi connectivity index (χ3v) is 9.54. The first kappa shape index (κ1) is 43.1. The fourth-order valence-electron chi connectivity index (χ4n) is 6.28. The Hall–Kier alpha value is -6.05. The maximum atomic E-state index is 13.3. The van der Waals surface area contributed by atoms with E-state index >= 15 is 0 Å². The molecule has 1 aliphatic heterocycles. The Kier molecular flexibility index (Phi) is 15.9. The highest BCUT2D eigenvalue weighted by atomic mass is 16.6. The highest BCUT2D eigenvalue weighted by molar-refractivity contribution is 6.09. The number of likely N-dealkylation sites (tertiary alicyclic amines) is 1. The summed E-state index contributed by atoms with van der Waals surface area (Å²) in [6, 6.07) is 21.1. The maximum Gasteiger partial charge on any atom is 0.339 e. The Balaban J connectivity index is 1.11. The predicted molar refractivity (Wildman–Crippen MR) is 215 cm³/mol. The minimum Gasteiger partial charge on any atom is -0.494 e. The number of likely N-dealkylation sites (N-methyl/N-ethyl adjacent to an activating group) is 1. The standard InChI is InChI=1S/C45H49NO12/c1-4-38(47)55-24-12-8-6-10-22-53-36-20-18-30-26-34(16-14-32(30)28-36)44(51)57-40-41(43(50)46(3)42(40)49)58-45(52)35-17-15-33-29-37(21-19-31(33)27-35)54-23-11-7-9-13-25-56-39(48)5-2/h4-5,14-21,26-29,40-41,44,51H,1-2,6-13,22-25H2,3H3/t40-,41-,44?/m0/s1. The number of carbonyl (C=O) groups is 5. The van der Waals surface area contributed by atoms with Gasteiger partial charge >= 0.3 is 17.9 Å². The van der Waals surface area contributed by atoms with Gasteiger partial charge in [-0.3, -0.25) is 14.5 Å². The first-order valence-electron chi connectivity index (χ1n) is 19.4. The van der Waals surface area contributed by atoms with E-state index < -0.39 is 48.2 Å². The van der Waals surface area contributed by atoms with E-state index in [0.717, 1.165) is 90.0 Å². The second kappa shape index (κ2) is 21.5. The van der Waals surface area contributed by atoms with Crippen molar-refractivity contribution in [3.05, 3.63) is 109 Å². The lowest BCUT2D eigenvalue weighted by atomic mass is 10.1. The molecule has 1 fully saturated rings. The van der Waals surface area contributed by atoms with Crippen molar-refractivity contribution in [3.8, 4) is 11.5 Å². The number of imide groups is 1. The summed E-state index contributed by atoms with van der Waals surface area (Å²) in [5.74, 6) is -1.83. The number of ether oxygens (including phenoxy) is 6. The highest BCUT2D eigenvalue weighted by Gasteiger charge is 2.50. The molecule has 3 atom stereocenters. The number of benzene rings is 4. The third-order valence-electron chi connectivity index (χ3n) is 9.54. The van der Waals surface area contributed by atoms with Gasteiger partial charge in [-0.2, -0.15) is 0 Å². The van der Waals surface area contributed by atoms with Gasteiger partial charge in [0, 0.05) is 24.8 Å². The van der Waals surface area contributed by atoms with E-state index in [1.165, 1.54) is 7.05 Å². The molecular weight excluding hydrogens is 746 g/mol. The minimum absolute atomic E-state index is 0.163. The number of carbonyl (C=O) groups excluding carboxylic acids is 5. The summed E-state index contributed by atoms with van der Waals surface area (Å²) in [5.41, 5.74) is 0.497. The Labute approximate surface area is 337 Å². The molecule has 1 aliphatic rings. The smallest absolute Gasteiger partial charge is 0.339 e. The van der Waals surface area contributed by atoms with E-state index in [0.29, 0.717) is 43.5 Å². The molecule has 1 N–H and O–H groups in total. The molecule has 1 heterocycles. The Morgan fingerprint density at radius 2 is 1.10 bits per heavy atom. The number of nitrogens with zero attached hydrogens (tertiary/aromatic N) is 1. The van der Waals surface area contributed by atoms with Crippen molar-refractivity contribution in [1.82, 2.24) is 4.90 Å². The molecule has 58 heavy (non-hydrogen) atoms. The molecule has 0 radical (unpaired) electrons. The average Bonchev–Trinajstić information content (AvgIpc) is 3.43. The van der Waals surface area contributed by atoms with Crippen LogP contribution in [0.1, 0.15) is 73.6 Å². The zero-order valence-electron chi connectivity index (χ0n) is 32.6. The van der Waals surface area contributed by atoms with Gasteiger partial charge in [-0.05, 0) is 115 Å². The summed E-state index contributed by atoms with van der Waals surface area (Å²) in [5, 5.41) is 14.3. The van der Waals surface area contributed by atoms with Crippen LogP contribution in [0.25, 0.3) is 21.5 Å². The second-order valence-corrected chi connectivity index (χ2v) is 13.7. The minimum atomic E-state index is -1.61. The predicted octanol–water partition coefficient (Wildman–Crippen LogP) is 6.93. The fraction of sp³-hybridized carbons (Fsp3) is 0.356. The Morgan fingerprint density at radius 1 is 0.638 bits per heavy atom. The lowest BCUT2D eigenvalue weighted by Gasteiger charge is -2.21. The maximum absolute atomic E-state index is 13.3. The number of amides is 2. The molecule has 4 aromatic rings. The van der Waals surface area contributed by atoms with Crippen LogP contribution in [0, 0.1) is 0 Å². The molecule has 0 spiro atoms. The molecule has 306 valence electrons. The number of rotatable bonds is 23. The zero-order chi connectivity index (χ0) is 41.4. The van der Waals surface area contributed by atoms with Crippen LogP contribution in [0.4, 0.5) is 0 Å². The molecule has 1 unspecified atom stereocenters. The van der Waals surface area contributed by atoms with Gasteiger partial charge < -0.3 is 33.5 Å². The number of unbranched alkanes of at least 4 members (excludes halogenated alkanes) is 6. The molecular formula is C45H49NO12. The van der Waals surface area contributed by atoms with E-state index in [1.54, 1.807) is 42.5 Å². The van der Waals surface area contributed by atoms with E-state index in [4.69, 9.17) is 28.4 Å². The molecule has 0 aromatic heterocycles. The van der Waals surface area contributed by atoms with Crippen molar-refractivity contribution in [2.45, 2.75) is 69.9 Å². The van der Waals surface area contributed by atoms with Crippen LogP contribution in [-0.2, 0) is 38.1 Å². The first-order chi connectivity index (χ1) is 28.1. The third kappa shape index (κ3) is 12.0. The van der Waals surface area contributed by atoms with Crippen LogP contribution in [0.3, 0.4) is 0 Å². The molecule has 1 saturated heterocycles. The largest absolute Gasteiger partial charge is 0.494 e. The van der Waals surface area contributed by atoms with Crippen molar-refractivity contribution in [2.75, 3.05) is 33.5 Å². The number of hydrogen-bond acceptors (Lipinski definition) is 12. The Morgan fingerprint density at radius 3 is 1.66 bits per heavy atom. The summed E-state index contributed by atoms with van der Waals surface area (Å²) in [6.07, 6.45) is 4.38. The van der Waals surface area contributed by atoms with Gasteiger partial charge in [-0.1, -0.05) is 43.5 Å². The molecule has 13 heteroatoms. The van der Waals surface area contributed by atoms with E-state index in [1.807, 2.05) is 30.3 Å². The van der Waals surface area contributed by atoms with Crippen LogP contribution in [0.5, 0.6) is 11.5 Å². The van der Waals surface area contributed by atoms with Gasteiger partial charge in [0.2, 0.25) is 6.10 Å². The number of esters is 3. The van der Waals surface area contributed by atoms with E-state index in [-0.39, 0.29) is 5.56 Å². The molecule has 2 amide bonds. The lowest BCUT2D eigenvalue weighted by Crippen LogP contribution is -2.37. The van der Waals surface area contributed by atoms with Gasteiger partial charge in [0.25, 0.3) is 11.8 Å². The van der Waals surface area contributed by atoms with E-state index in [9.17, 15) is 29.1 Å². The van der Waals surface area contributed by atoms with Crippen molar-refractivity contribution >= 4 is 51.3 Å². The fourth-order valence-corrected chi connectivity index (χ4v) is 6.28. The summed E-state index contributed by atoms with van der Waals surface area (Å²) >= 11 is 0. The zero-order valence-corrected chi connectivity index (χ0v) is 32.6. The van der Waals surface area contributed by atoms with Crippen molar-refractivity contribution in [2.24, 2.45) is 0 Å². The molecule has 5 rings (SSSR count). The monoisotopic (exact) mass is 795 g/mol. The summed E-state index contributed by atoms with van der Waals surface area (Å²) in [4.78, 5) is 62.5. The van der Waals surface area contributed by atoms with Crippen molar-refractivity contribution < 1.29 is 57.5 Å². The van der Waals surface area contributed by atoms with Gasteiger partial charge in [0.05, 0.1) is 32.0 Å². The topological polar surface area (TPSA) is 164 Å². The number of hydrogen-bond donors (Lipinski definition) is 1. The van der Waals surface area contributed by atoms with Crippen LogP contribution in [-0.4, -0.2) is 85.4 Å². The summed E-state index contributed by atoms with van der Waals surface area (Å²) < 4.78 is 33.1. The van der Waals surface area contributed by atoms with Gasteiger partial charge in [0.15, 0.2) is 12.4 Å². The Bertz CT molecular complexity index is 2110. The van der Waals surface area contributed by atoms with Crippen molar-refractivity contribution in [3.63, 3.8) is 0 Å². The van der Waals surface area contributed by atoms with Crippen LogP contribution < -0.4 is 9.47 Å². The lowest BCUT2D eigenvalue weighted by molar-refractivity contribution is -0.174.